The number of benzene rings is 9. The lowest BCUT2D eigenvalue weighted by Crippen LogP contribution is -2.00. The molecule has 0 fully saturated rings. The molecule has 5 nitrogen and oxygen atoms in total. The molecule has 12 rings (SSSR count). The van der Waals surface area contributed by atoms with E-state index >= 15 is 0 Å². The van der Waals surface area contributed by atoms with Crippen LogP contribution in [0.2, 0.25) is 0 Å². The van der Waals surface area contributed by atoms with Gasteiger partial charge < -0.3 is 4.57 Å². The number of pyridine rings is 1. The first-order chi connectivity index (χ1) is 31.2. The number of nitrogens with zero attached hydrogens (tertiary/aromatic N) is 5. The fourth-order valence-corrected chi connectivity index (χ4v) is 8.95. The van der Waals surface area contributed by atoms with Gasteiger partial charge in [-0.1, -0.05) is 182 Å². The van der Waals surface area contributed by atoms with Crippen molar-refractivity contribution in [1.29, 1.82) is 0 Å². The van der Waals surface area contributed by atoms with Crippen molar-refractivity contribution in [3.8, 4) is 73.4 Å². The molecule has 0 spiro atoms. The SMILES string of the molecule is c1ccc(-c2cccc(-c3nc(-c4ccccc4)nc(-c4ccc(-c5ccc6c(c5)c5cc7nc(-c8ccccc8)c8ccccc8c7cc5n6-c5ccccc5)cc4)n3)c2)cc1. The van der Waals surface area contributed by atoms with Crippen molar-refractivity contribution in [3.05, 3.63) is 224 Å². The molecule has 0 aliphatic rings. The number of fused-ring (bicyclic) bond motifs is 6. The predicted octanol–water partition coefficient (Wildman–Crippen LogP) is 14.7. The highest BCUT2D eigenvalue weighted by molar-refractivity contribution is 6.19. The van der Waals surface area contributed by atoms with Crippen LogP contribution in [0, 0.1) is 0 Å². The zero-order valence-corrected chi connectivity index (χ0v) is 34.1. The van der Waals surface area contributed by atoms with Gasteiger partial charge in [0.05, 0.1) is 22.2 Å². The molecule has 0 unspecified atom stereocenters. The van der Waals surface area contributed by atoms with E-state index < -0.39 is 0 Å². The summed E-state index contributed by atoms with van der Waals surface area (Å²) in [5.41, 5.74) is 13.7. The maximum atomic E-state index is 5.38. The molecule has 3 heterocycles. The molecule has 3 aromatic heterocycles. The average molecular weight is 804 g/mol. The first-order valence-corrected chi connectivity index (χ1v) is 21.2. The maximum absolute atomic E-state index is 5.38. The van der Waals surface area contributed by atoms with Crippen LogP contribution in [0.15, 0.2) is 224 Å². The Hall–Kier alpha value is -8.54. The van der Waals surface area contributed by atoms with Crippen molar-refractivity contribution < 1.29 is 0 Å². The number of hydrogen-bond donors (Lipinski definition) is 0. The molecule has 9 aromatic carbocycles. The van der Waals surface area contributed by atoms with Gasteiger partial charge >= 0.3 is 0 Å². The van der Waals surface area contributed by atoms with E-state index in [0.717, 1.165) is 88.6 Å². The smallest absolute Gasteiger partial charge is 0.164 e. The van der Waals surface area contributed by atoms with Crippen molar-refractivity contribution in [2.75, 3.05) is 0 Å². The van der Waals surface area contributed by atoms with Crippen LogP contribution in [0.3, 0.4) is 0 Å². The quantitative estimate of drug-likeness (QED) is 0.151. The van der Waals surface area contributed by atoms with Gasteiger partial charge in [0.25, 0.3) is 0 Å². The lowest BCUT2D eigenvalue weighted by Gasteiger charge is -2.12. The Morgan fingerprint density at radius 3 is 1.43 bits per heavy atom. The molecule has 0 aliphatic carbocycles. The van der Waals surface area contributed by atoms with E-state index in [-0.39, 0.29) is 0 Å². The van der Waals surface area contributed by atoms with E-state index in [9.17, 15) is 0 Å². The van der Waals surface area contributed by atoms with Crippen molar-refractivity contribution in [2.45, 2.75) is 0 Å². The summed E-state index contributed by atoms with van der Waals surface area (Å²) < 4.78 is 2.38. The number of rotatable bonds is 7. The van der Waals surface area contributed by atoms with Gasteiger partial charge in [-0.2, -0.15) is 0 Å². The molecule has 0 atom stereocenters. The van der Waals surface area contributed by atoms with Gasteiger partial charge in [0.2, 0.25) is 0 Å². The molecule has 0 aliphatic heterocycles. The van der Waals surface area contributed by atoms with Crippen LogP contribution in [-0.2, 0) is 0 Å². The Balaban J connectivity index is 0.987. The zero-order chi connectivity index (χ0) is 41.7. The van der Waals surface area contributed by atoms with Crippen LogP contribution in [0.25, 0.3) is 117 Å². The van der Waals surface area contributed by atoms with Gasteiger partial charge in [-0.05, 0) is 70.1 Å². The Morgan fingerprint density at radius 2 is 0.730 bits per heavy atom. The monoisotopic (exact) mass is 803 g/mol. The Kier molecular flexibility index (Phi) is 8.75. The molecule has 0 amide bonds. The normalized spacial score (nSPS) is 11.5. The van der Waals surface area contributed by atoms with Crippen LogP contribution in [-0.4, -0.2) is 24.5 Å². The Morgan fingerprint density at radius 1 is 0.254 bits per heavy atom. The van der Waals surface area contributed by atoms with Crippen LogP contribution in [0.5, 0.6) is 0 Å². The second kappa shape index (κ2) is 15.2. The van der Waals surface area contributed by atoms with E-state index in [1.54, 1.807) is 0 Å². The highest BCUT2D eigenvalue weighted by Crippen LogP contribution is 2.40. The molecule has 0 bridgehead atoms. The third-order valence-corrected chi connectivity index (χ3v) is 12.0. The minimum absolute atomic E-state index is 0.624. The summed E-state index contributed by atoms with van der Waals surface area (Å²) in [5.74, 6) is 1.89. The van der Waals surface area contributed by atoms with Gasteiger partial charge in [0.15, 0.2) is 17.5 Å². The molecule has 5 heteroatoms. The van der Waals surface area contributed by atoms with Gasteiger partial charge in [-0.15, -0.1) is 0 Å². The van der Waals surface area contributed by atoms with Crippen LogP contribution in [0.1, 0.15) is 0 Å². The summed E-state index contributed by atoms with van der Waals surface area (Å²) in [5, 5.41) is 5.79. The van der Waals surface area contributed by atoms with E-state index in [2.05, 4.69) is 193 Å². The number of hydrogen-bond acceptors (Lipinski definition) is 4. The molecular weight excluding hydrogens is 767 g/mol. The highest BCUT2D eigenvalue weighted by Gasteiger charge is 2.19. The molecule has 63 heavy (non-hydrogen) atoms. The van der Waals surface area contributed by atoms with Crippen LogP contribution < -0.4 is 0 Å². The van der Waals surface area contributed by atoms with Gasteiger partial charge in [-0.3, -0.25) is 0 Å². The fraction of sp³-hybridized carbons (Fsp3) is 0. The van der Waals surface area contributed by atoms with Crippen molar-refractivity contribution in [3.63, 3.8) is 0 Å². The third-order valence-electron chi connectivity index (χ3n) is 12.0. The minimum Gasteiger partial charge on any atom is -0.309 e. The van der Waals surface area contributed by atoms with E-state index in [1.807, 2.05) is 36.4 Å². The van der Waals surface area contributed by atoms with Gasteiger partial charge in [0, 0.05) is 49.5 Å². The molecule has 0 saturated heterocycles. The number of para-hydroxylation sites is 1. The first kappa shape index (κ1) is 36.3. The van der Waals surface area contributed by atoms with Crippen molar-refractivity contribution >= 4 is 43.5 Å². The average Bonchev–Trinajstić information content (AvgIpc) is 3.69. The van der Waals surface area contributed by atoms with E-state index in [4.69, 9.17) is 19.9 Å². The summed E-state index contributed by atoms with van der Waals surface area (Å²) in [4.78, 5) is 20.5. The first-order valence-electron chi connectivity index (χ1n) is 21.2. The molecular formula is C58H37N5. The largest absolute Gasteiger partial charge is 0.309 e. The van der Waals surface area contributed by atoms with Crippen LogP contribution >= 0.6 is 0 Å². The minimum atomic E-state index is 0.624. The van der Waals surface area contributed by atoms with E-state index in [1.165, 1.54) is 10.8 Å². The second-order valence-electron chi connectivity index (χ2n) is 15.9. The molecule has 294 valence electrons. The van der Waals surface area contributed by atoms with Gasteiger partial charge in [-0.25, -0.2) is 19.9 Å². The summed E-state index contributed by atoms with van der Waals surface area (Å²) in [6, 6.07) is 78.7. The van der Waals surface area contributed by atoms with E-state index in [0.29, 0.717) is 17.5 Å². The molecule has 0 saturated carbocycles. The Bertz CT molecular complexity index is 3640. The molecule has 0 radical (unpaired) electrons. The summed E-state index contributed by atoms with van der Waals surface area (Å²) in [6.45, 7) is 0. The standard InChI is InChI=1S/C58H37N5/c1-5-16-38(17-6-1)43-22-15-23-45(34-43)58-61-56(41-20-9-3-10-21-41)60-57(62-58)42-30-28-39(29-31-42)44-32-33-53-50(35-44)51-36-52-49(37-54(51)63(53)46-24-11-4-12-25-46)47-26-13-14-27-48(47)55(59-52)40-18-7-2-8-19-40/h1-37H. The van der Waals surface area contributed by atoms with Gasteiger partial charge in [0.1, 0.15) is 0 Å². The number of aromatic nitrogens is 5. The summed E-state index contributed by atoms with van der Waals surface area (Å²) >= 11 is 0. The van der Waals surface area contributed by atoms with Crippen molar-refractivity contribution in [1.82, 2.24) is 24.5 Å². The predicted molar refractivity (Wildman–Crippen MR) is 260 cm³/mol. The van der Waals surface area contributed by atoms with Crippen LogP contribution in [0.4, 0.5) is 0 Å². The lowest BCUT2D eigenvalue weighted by molar-refractivity contribution is 1.07. The maximum Gasteiger partial charge on any atom is 0.164 e. The molecule has 12 aromatic rings. The molecule has 0 N–H and O–H groups in total. The third kappa shape index (κ3) is 6.51. The summed E-state index contributed by atoms with van der Waals surface area (Å²) in [6.07, 6.45) is 0. The van der Waals surface area contributed by atoms with Crippen molar-refractivity contribution in [2.24, 2.45) is 0 Å². The fourth-order valence-electron chi connectivity index (χ4n) is 8.95. The Labute approximate surface area is 364 Å². The second-order valence-corrected chi connectivity index (χ2v) is 15.9. The lowest BCUT2D eigenvalue weighted by atomic mass is 9.98. The highest BCUT2D eigenvalue weighted by atomic mass is 15.0. The topological polar surface area (TPSA) is 56.5 Å². The summed E-state index contributed by atoms with van der Waals surface area (Å²) in [7, 11) is 0. The zero-order valence-electron chi connectivity index (χ0n) is 34.1.